The fourth-order valence-electron chi connectivity index (χ4n) is 2.80. The van der Waals surface area contributed by atoms with Crippen molar-refractivity contribution in [2.45, 2.75) is 12.8 Å². The Balaban J connectivity index is 1.59. The zero-order valence-corrected chi connectivity index (χ0v) is 12.3. The van der Waals surface area contributed by atoms with Crippen LogP contribution in [-0.2, 0) is 6.42 Å². The van der Waals surface area contributed by atoms with E-state index in [0.717, 1.165) is 13.1 Å². The highest BCUT2D eigenvalue weighted by Gasteiger charge is 2.14. The molecule has 0 saturated carbocycles. The molecule has 0 fully saturated rings. The van der Waals surface area contributed by atoms with Crippen LogP contribution in [0.4, 0.5) is 5.69 Å². The van der Waals surface area contributed by atoms with Gasteiger partial charge in [0.05, 0.1) is 0 Å². The van der Waals surface area contributed by atoms with Crippen molar-refractivity contribution in [1.29, 1.82) is 0 Å². The van der Waals surface area contributed by atoms with Gasteiger partial charge in [0.15, 0.2) is 0 Å². The van der Waals surface area contributed by atoms with Gasteiger partial charge in [0.1, 0.15) is 0 Å². The molecule has 0 atom stereocenters. The molecule has 106 valence electrons. The molecule has 3 rings (SSSR count). The van der Waals surface area contributed by atoms with E-state index in [1.165, 1.54) is 29.7 Å². The maximum Gasteiger partial charge on any atom is 0.0401 e. The van der Waals surface area contributed by atoms with Gasteiger partial charge in [0, 0.05) is 18.8 Å². The largest absolute Gasteiger partial charge is 0.368 e. The van der Waals surface area contributed by atoms with Gasteiger partial charge in [-0.05, 0) is 30.0 Å². The molecule has 0 bridgehead atoms. The molecule has 0 unspecified atom stereocenters. The van der Waals surface area contributed by atoms with E-state index in [4.69, 9.17) is 0 Å². The molecule has 1 aliphatic heterocycles. The number of allylic oxidation sites excluding steroid dienone is 2. The fourth-order valence-corrected chi connectivity index (χ4v) is 2.80. The van der Waals surface area contributed by atoms with Crippen LogP contribution in [0, 0.1) is 0 Å². The van der Waals surface area contributed by atoms with Gasteiger partial charge >= 0.3 is 0 Å². The number of fused-ring (bicyclic) bond motifs is 1. The predicted octanol–water partition coefficient (Wildman–Crippen LogP) is 4.71. The number of benzene rings is 2. The van der Waals surface area contributed by atoms with E-state index >= 15 is 0 Å². The van der Waals surface area contributed by atoms with E-state index in [1.807, 2.05) is 6.07 Å². The lowest BCUT2D eigenvalue weighted by atomic mass is 10.0. The second-order valence-electron chi connectivity index (χ2n) is 5.38. The molecule has 1 heterocycles. The SMILES string of the molecule is C(/C=C/c1ccccc1)=C\CN1CCCc2ccccc21. The second-order valence-corrected chi connectivity index (χ2v) is 5.38. The molecule has 0 spiro atoms. The highest BCUT2D eigenvalue weighted by atomic mass is 15.1. The van der Waals surface area contributed by atoms with Crippen molar-refractivity contribution in [3.8, 4) is 0 Å². The summed E-state index contributed by atoms with van der Waals surface area (Å²) in [7, 11) is 0. The third-order valence-electron chi connectivity index (χ3n) is 3.87. The number of rotatable bonds is 4. The smallest absolute Gasteiger partial charge is 0.0401 e. The summed E-state index contributed by atoms with van der Waals surface area (Å²) in [6, 6.07) is 19.2. The first kappa shape index (κ1) is 13.7. The Labute approximate surface area is 127 Å². The molecule has 0 radical (unpaired) electrons. The Hall–Kier alpha value is -2.28. The van der Waals surface area contributed by atoms with Crippen molar-refractivity contribution in [3.63, 3.8) is 0 Å². The number of hydrogen-bond acceptors (Lipinski definition) is 1. The lowest BCUT2D eigenvalue weighted by Gasteiger charge is -2.30. The standard InChI is InChI=1S/C20H21N/c1-3-10-18(11-4-1)12-5-2-8-16-21-17-9-14-19-13-6-7-15-20(19)21/h1-8,10-13,15H,9,14,16-17H2/b8-2+,12-5+. The van der Waals surface area contributed by atoms with E-state index in [-0.39, 0.29) is 0 Å². The first-order chi connectivity index (χ1) is 10.4. The Morgan fingerprint density at radius 2 is 1.71 bits per heavy atom. The van der Waals surface area contributed by atoms with Crippen LogP contribution in [0.25, 0.3) is 6.08 Å². The normalized spacial score (nSPS) is 14.8. The van der Waals surface area contributed by atoms with Crippen LogP contribution < -0.4 is 4.90 Å². The Bertz CT molecular complexity index is 625. The Morgan fingerprint density at radius 3 is 2.62 bits per heavy atom. The van der Waals surface area contributed by atoms with E-state index < -0.39 is 0 Å². The summed E-state index contributed by atoms with van der Waals surface area (Å²) >= 11 is 0. The molecular weight excluding hydrogens is 254 g/mol. The Kier molecular flexibility index (Phi) is 4.52. The fraction of sp³-hybridized carbons (Fsp3) is 0.200. The molecule has 0 amide bonds. The summed E-state index contributed by atoms with van der Waals surface area (Å²) in [5.74, 6) is 0. The molecule has 2 aromatic rings. The van der Waals surface area contributed by atoms with Gasteiger partial charge in [-0.2, -0.15) is 0 Å². The van der Waals surface area contributed by atoms with Crippen molar-refractivity contribution in [2.75, 3.05) is 18.0 Å². The van der Waals surface area contributed by atoms with E-state index in [9.17, 15) is 0 Å². The Morgan fingerprint density at radius 1 is 0.905 bits per heavy atom. The summed E-state index contributed by atoms with van der Waals surface area (Å²) < 4.78 is 0. The molecule has 0 N–H and O–H groups in total. The van der Waals surface area contributed by atoms with Crippen LogP contribution in [0.5, 0.6) is 0 Å². The third kappa shape index (κ3) is 3.63. The summed E-state index contributed by atoms with van der Waals surface area (Å²) in [5, 5.41) is 0. The highest BCUT2D eigenvalue weighted by molar-refractivity contribution is 5.56. The van der Waals surface area contributed by atoms with Crippen LogP contribution in [0.1, 0.15) is 17.5 Å². The van der Waals surface area contributed by atoms with Crippen LogP contribution in [0.3, 0.4) is 0 Å². The van der Waals surface area contributed by atoms with Gasteiger partial charge in [-0.3, -0.25) is 0 Å². The number of para-hydroxylation sites is 1. The minimum atomic E-state index is 0.982. The molecular formula is C20H21N. The molecule has 1 nitrogen and oxygen atoms in total. The van der Waals surface area contributed by atoms with Crippen molar-refractivity contribution < 1.29 is 0 Å². The van der Waals surface area contributed by atoms with Gasteiger partial charge in [-0.15, -0.1) is 0 Å². The number of aryl methyl sites for hydroxylation is 1. The number of anilines is 1. The van der Waals surface area contributed by atoms with Gasteiger partial charge in [0.2, 0.25) is 0 Å². The average Bonchev–Trinajstić information content (AvgIpc) is 2.56. The average molecular weight is 275 g/mol. The topological polar surface area (TPSA) is 3.24 Å². The van der Waals surface area contributed by atoms with Gasteiger partial charge in [-0.1, -0.05) is 72.8 Å². The quantitative estimate of drug-likeness (QED) is 0.730. The van der Waals surface area contributed by atoms with Crippen LogP contribution in [-0.4, -0.2) is 13.1 Å². The molecule has 0 aromatic heterocycles. The predicted molar refractivity (Wildman–Crippen MR) is 91.6 cm³/mol. The van der Waals surface area contributed by atoms with Crippen molar-refractivity contribution in [2.24, 2.45) is 0 Å². The van der Waals surface area contributed by atoms with Crippen LogP contribution >= 0.6 is 0 Å². The summed E-state index contributed by atoms with van der Waals surface area (Å²) in [4.78, 5) is 2.46. The lowest BCUT2D eigenvalue weighted by Crippen LogP contribution is -2.29. The maximum atomic E-state index is 2.46. The molecule has 21 heavy (non-hydrogen) atoms. The monoisotopic (exact) mass is 275 g/mol. The zero-order chi connectivity index (χ0) is 14.3. The third-order valence-corrected chi connectivity index (χ3v) is 3.87. The number of nitrogens with zero attached hydrogens (tertiary/aromatic N) is 1. The lowest BCUT2D eigenvalue weighted by molar-refractivity contribution is 0.722. The molecule has 2 aromatic carbocycles. The van der Waals surface area contributed by atoms with Crippen LogP contribution in [0.15, 0.2) is 72.8 Å². The molecule has 1 aliphatic rings. The van der Waals surface area contributed by atoms with E-state index in [2.05, 4.69) is 77.7 Å². The van der Waals surface area contributed by atoms with Gasteiger partial charge < -0.3 is 4.90 Å². The van der Waals surface area contributed by atoms with Crippen LogP contribution in [0.2, 0.25) is 0 Å². The molecule has 0 saturated heterocycles. The second kappa shape index (κ2) is 6.94. The highest BCUT2D eigenvalue weighted by Crippen LogP contribution is 2.26. The minimum Gasteiger partial charge on any atom is -0.368 e. The van der Waals surface area contributed by atoms with Gasteiger partial charge in [0.25, 0.3) is 0 Å². The van der Waals surface area contributed by atoms with Crippen molar-refractivity contribution in [1.82, 2.24) is 0 Å². The summed E-state index contributed by atoms with van der Waals surface area (Å²) in [6.07, 6.45) is 11.1. The summed E-state index contributed by atoms with van der Waals surface area (Å²) in [6.45, 7) is 2.14. The van der Waals surface area contributed by atoms with Crippen molar-refractivity contribution >= 4 is 11.8 Å². The van der Waals surface area contributed by atoms with Crippen molar-refractivity contribution in [3.05, 3.63) is 84.0 Å². The van der Waals surface area contributed by atoms with E-state index in [0.29, 0.717) is 0 Å². The zero-order valence-electron chi connectivity index (χ0n) is 12.3. The van der Waals surface area contributed by atoms with Gasteiger partial charge in [-0.25, -0.2) is 0 Å². The first-order valence-electron chi connectivity index (χ1n) is 7.64. The summed E-state index contributed by atoms with van der Waals surface area (Å²) in [5.41, 5.74) is 4.13. The molecule has 1 heteroatoms. The van der Waals surface area contributed by atoms with E-state index in [1.54, 1.807) is 0 Å². The minimum absolute atomic E-state index is 0.982. The number of hydrogen-bond donors (Lipinski definition) is 0. The molecule has 0 aliphatic carbocycles. The first-order valence-corrected chi connectivity index (χ1v) is 7.64. The maximum absolute atomic E-state index is 2.46.